The molecule has 1 amide bonds. The fourth-order valence-electron chi connectivity index (χ4n) is 2.32. The van der Waals surface area contributed by atoms with Crippen molar-refractivity contribution >= 4 is 16.8 Å². The van der Waals surface area contributed by atoms with Crippen LogP contribution in [0.25, 0.3) is 10.9 Å². The smallest absolute Gasteiger partial charge is 0.272 e. The summed E-state index contributed by atoms with van der Waals surface area (Å²) in [7, 11) is 0. The third-order valence-corrected chi connectivity index (χ3v) is 3.33. The van der Waals surface area contributed by atoms with Gasteiger partial charge in [0.05, 0.1) is 5.52 Å². The van der Waals surface area contributed by atoms with E-state index in [0.29, 0.717) is 12.2 Å². The second kappa shape index (κ2) is 4.38. The summed E-state index contributed by atoms with van der Waals surface area (Å²) in [6.45, 7) is 1.36. The predicted molar refractivity (Wildman–Crippen MR) is 70.2 cm³/mol. The number of hydrogen-bond donors (Lipinski definition) is 1. The van der Waals surface area contributed by atoms with Crippen LogP contribution in [0.15, 0.2) is 36.4 Å². The second-order valence-electron chi connectivity index (χ2n) is 4.69. The summed E-state index contributed by atoms with van der Waals surface area (Å²) in [5.74, 6) is -0.0197. The molecule has 0 saturated carbocycles. The van der Waals surface area contributed by atoms with E-state index in [2.05, 4.69) is 4.98 Å². The highest BCUT2D eigenvalue weighted by molar-refractivity contribution is 5.95. The predicted octanol–water partition coefficient (Wildman–Crippen LogP) is 1.41. The van der Waals surface area contributed by atoms with Crippen LogP contribution in [-0.4, -0.2) is 34.9 Å². The number of benzene rings is 1. The summed E-state index contributed by atoms with van der Waals surface area (Å²) >= 11 is 0. The Kier molecular flexibility index (Phi) is 2.72. The molecular weight excluding hydrogens is 226 g/mol. The van der Waals surface area contributed by atoms with Crippen molar-refractivity contribution in [2.24, 2.45) is 5.73 Å². The quantitative estimate of drug-likeness (QED) is 0.821. The third-order valence-electron chi connectivity index (χ3n) is 3.33. The first-order chi connectivity index (χ1) is 8.74. The molecule has 2 N–H and O–H groups in total. The lowest BCUT2D eigenvalue weighted by molar-refractivity contribution is 0.0785. The van der Waals surface area contributed by atoms with Crippen LogP contribution < -0.4 is 5.73 Å². The Labute approximate surface area is 105 Å². The molecule has 1 saturated heterocycles. The Morgan fingerprint density at radius 2 is 2.11 bits per heavy atom. The minimum Gasteiger partial charge on any atom is -0.336 e. The Balaban J connectivity index is 1.92. The molecule has 0 spiro atoms. The molecule has 92 valence electrons. The van der Waals surface area contributed by atoms with Crippen LogP contribution >= 0.6 is 0 Å². The van der Waals surface area contributed by atoms with Gasteiger partial charge in [0, 0.05) is 24.5 Å². The number of fused-ring (bicyclic) bond motifs is 1. The maximum absolute atomic E-state index is 12.2. The van der Waals surface area contributed by atoms with Gasteiger partial charge in [0.1, 0.15) is 5.69 Å². The number of rotatable bonds is 1. The van der Waals surface area contributed by atoms with Crippen molar-refractivity contribution in [2.75, 3.05) is 13.1 Å². The Morgan fingerprint density at radius 3 is 2.89 bits per heavy atom. The van der Waals surface area contributed by atoms with Crippen LogP contribution in [0.3, 0.4) is 0 Å². The van der Waals surface area contributed by atoms with Gasteiger partial charge in [-0.1, -0.05) is 24.3 Å². The van der Waals surface area contributed by atoms with Crippen LogP contribution in [-0.2, 0) is 0 Å². The SMILES string of the molecule is N[C@H]1CCN(C(=O)c2ccc3ccccc3n2)C1. The van der Waals surface area contributed by atoms with Gasteiger partial charge in [0.25, 0.3) is 5.91 Å². The first-order valence-corrected chi connectivity index (χ1v) is 6.15. The molecule has 18 heavy (non-hydrogen) atoms. The molecule has 1 atom stereocenters. The van der Waals surface area contributed by atoms with Crippen LogP contribution in [0.1, 0.15) is 16.9 Å². The molecule has 1 aliphatic rings. The lowest BCUT2D eigenvalue weighted by Gasteiger charge is -2.15. The highest BCUT2D eigenvalue weighted by atomic mass is 16.2. The van der Waals surface area contributed by atoms with Gasteiger partial charge >= 0.3 is 0 Å². The Morgan fingerprint density at radius 1 is 1.28 bits per heavy atom. The molecule has 0 bridgehead atoms. The van der Waals surface area contributed by atoms with Crippen molar-refractivity contribution in [3.05, 3.63) is 42.1 Å². The molecule has 0 unspecified atom stereocenters. The lowest BCUT2D eigenvalue weighted by Crippen LogP contribution is -2.32. The van der Waals surface area contributed by atoms with Crippen molar-refractivity contribution in [3.63, 3.8) is 0 Å². The topological polar surface area (TPSA) is 59.2 Å². The largest absolute Gasteiger partial charge is 0.336 e. The van der Waals surface area contributed by atoms with E-state index >= 15 is 0 Å². The molecule has 0 radical (unpaired) electrons. The minimum absolute atomic E-state index is 0.0197. The second-order valence-corrected chi connectivity index (χ2v) is 4.69. The van der Waals surface area contributed by atoms with E-state index in [-0.39, 0.29) is 11.9 Å². The lowest BCUT2D eigenvalue weighted by atomic mass is 10.2. The molecule has 3 rings (SSSR count). The maximum atomic E-state index is 12.2. The van der Waals surface area contributed by atoms with Gasteiger partial charge in [0.15, 0.2) is 0 Å². The zero-order valence-electron chi connectivity index (χ0n) is 10.0. The van der Waals surface area contributed by atoms with Crippen LogP contribution in [0.5, 0.6) is 0 Å². The van der Waals surface area contributed by atoms with Gasteiger partial charge in [-0.15, -0.1) is 0 Å². The fraction of sp³-hybridized carbons (Fsp3) is 0.286. The Bertz CT molecular complexity index is 596. The fourth-order valence-corrected chi connectivity index (χ4v) is 2.32. The van der Waals surface area contributed by atoms with Crippen molar-refractivity contribution in [3.8, 4) is 0 Å². The zero-order valence-corrected chi connectivity index (χ0v) is 10.0. The molecule has 1 aromatic carbocycles. The average molecular weight is 241 g/mol. The number of pyridine rings is 1. The van der Waals surface area contributed by atoms with Gasteiger partial charge in [-0.25, -0.2) is 4.98 Å². The van der Waals surface area contributed by atoms with Gasteiger partial charge in [-0.05, 0) is 18.6 Å². The van der Waals surface area contributed by atoms with E-state index in [1.807, 2.05) is 30.3 Å². The number of carbonyl (C=O) groups is 1. The summed E-state index contributed by atoms with van der Waals surface area (Å²) in [5.41, 5.74) is 7.17. The van der Waals surface area contributed by atoms with Crippen LogP contribution in [0, 0.1) is 0 Å². The number of nitrogens with two attached hydrogens (primary N) is 1. The van der Waals surface area contributed by atoms with Crippen LogP contribution in [0.4, 0.5) is 0 Å². The monoisotopic (exact) mass is 241 g/mol. The highest BCUT2D eigenvalue weighted by Gasteiger charge is 2.25. The van der Waals surface area contributed by atoms with Crippen molar-refractivity contribution in [1.82, 2.24) is 9.88 Å². The zero-order chi connectivity index (χ0) is 12.5. The molecule has 4 heteroatoms. The van der Waals surface area contributed by atoms with Gasteiger partial charge in [-0.2, -0.15) is 0 Å². The number of carbonyl (C=O) groups excluding carboxylic acids is 1. The number of para-hydroxylation sites is 1. The van der Waals surface area contributed by atoms with E-state index < -0.39 is 0 Å². The summed E-state index contributed by atoms with van der Waals surface area (Å²) in [5, 5.41) is 1.05. The van der Waals surface area contributed by atoms with E-state index in [0.717, 1.165) is 23.9 Å². The molecule has 1 fully saturated rings. The number of aromatic nitrogens is 1. The molecule has 4 nitrogen and oxygen atoms in total. The minimum atomic E-state index is -0.0197. The number of nitrogens with zero attached hydrogens (tertiary/aromatic N) is 2. The summed E-state index contributed by atoms with van der Waals surface area (Å²) in [6, 6.07) is 11.6. The van der Waals surface area contributed by atoms with Gasteiger partial charge < -0.3 is 10.6 Å². The number of amides is 1. The number of likely N-dealkylation sites (tertiary alicyclic amines) is 1. The number of hydrogen-bond acceptors (Lipinski definition) is 3. The van der Waals surface area contributed by atoms with Crippen molar-refractivity contribution in [2.45, 2.75) is 12.5 Å². The van der Waals surface area contributed by atoms with Gasteiger partial charge in [0.2, 0.25) is 0 Å². The normalized spacial score (nSPS) is 19.4. The average Bonchev–Trinajstić information content (AvgIpc) is 2.84. The van der Waals surface area contributed by atoms with E-state index in [1.54, 1.807) is 11.0 Å². The third kappa shape index (κ3) is 1.95. The first-order valence-electron chi connectivity index (χ1n) is 6.15. The first kappa shape index (κ1) is 11.2. The van der Waals surface area contributed by atoms with E-state index in [1.165, 1.54) is 0 Å². The summed E-state index contributed by atoms with van der Waals surface area (Å²) in [6.07, 6.45) is 0.874. The van der Waals surface area contributed by atoms with Crippen LogP contribution in [0.2, 0.25) is 0 Å². The molecule has 1 aromatic heterocycles. The van der Waals surface area contributed by atoms with Crippen molar-refractivity contribution < 1.29 is 4.79 Å². The summed E-state index contributed by atoms with van der Waals surface area (Å²) < 4.78 is 0. The molecule has 1 aliphatic heterocycles. The van der Waals surface area contributed by atoms with Gasteiger partial charge in [-0.3, -0.25) is 4.79 Å². The molecule has 2 heterocycles. The highest BCUT2D eigenvalue weighted by Crippen LogP contribution is 2.15. The van der Waals surface area contributed by atoms with E-state index in [9.17, 15) is 4.79 Å². The molecular formula is C14H15N3O. The van der Waals surface area contributed by atoms with E-state index in [4.69, 9.17) is 5.73 Å². The summed E-state index contributed by atoms with van der Waals surface area (Å²) in [4.78, 5) is 18.4. The standard InChI is InChI=1S/C14H15N3O/c15-11-7-8-17(9-11)14(18)13-6-5-10-3-1-2-4-12(10)16-13/h1-6,11H,7-9,15H2/t11-/m0/s1. The Hall–Kier alpha value is -1.94. The van der Waals surface area contributed by atoms with Crippen molar-refractivity contribution in [1.29, 1.82) is 0 Å². The molecule has 0 aliphatic carbocycles. The molecule has 2 aromatic rings. The maximum Gasteiger partial charge on any atom is 0.272 e.